The minimum atomic E-state index is 0.699. The van der Waals surface area contributed by atoms with Gasteiger partial charge in [0.25, 0.3) is 0 Å². The van der Waals surface area contributed by atoms with Crippen LogP contribution in [-0.2, 0) is 0 Å². The monoisotopic (exact) mass is 448 g/mol. The van der Waals surface area contributed by atoms with Gasteiger partial charge in [-0.05, 0) is 91.4 Å². The van der Waals surface area contributed by atoms with Gasteiger partial charge in [0.2, 0.25) is 0 Å². The van der Waals surface area contributed by atoms with Crippen molar-refractivity contribution in [2.24, 2.45) is 4.99 Å². The first-order valence-electron chi connectivity index (χ1n) is 7.71. The molecule has 122 valence electrons. The van der Waals surface area contributed by atoms with Gasteiger partial charge in [-0.15, -0.1) is 0 Å². The van der Waals surface area contributed by atoms with Crippen LogP contribution in [0.25, 0.3) is 5.69 Å². The third-order valence-electron chi connectivity index (χ3n) is 4.03. The van der Waals surface area contributed by atoms with E-state index in [-0.39, 0.29) is 0 Å². The predicted octanol–water partition coefficient (Wildman–Crippen LogP) is 6.41. The summed E-state index contributed by atoms with van der Waals surface area (Å²) >= 11 is 8.38. The number of aromatic nitrogens is 1. The normalized spacial score (nSPS) is 11.4. The van der Waals surface area contributed by atoms with Crippen molar-refractivity contribution >= 4 is 46.1 Å². The maximum atomic E-state index is 6.02. The summed E-state index contributed by atoms with van der Waals surface area (Å²) in [4.78, 5) is 4.55. The molecule has 0 amide bonds. The van der Waals surface area contributed by atoms with Crippen LogP contribution in [0.3, 0.4) is 0 Å². The van der Waals surface area contributed by atoms with E-state index in [9.17, 15) is 0 Å². The Morgan fingerprint density at radius 2 is 1.83 bits per heavy atom. The molecule has 2 nitrogen and oxygen atoms in total. The highest BCUT2D eigenvalue weighted by Crippen LogP contribution is 2.24. The van der Waals surface area contributed by atoms with Crippen molar-refractivity contribution in [1.29, 1.82) is 0 Å². The average Bonchev–Trinajstić information content (AvgIpc) is 2.82. The van der Waals surface area contributed by atoms with E-state index in [1.807, 2.05) is 30.5 Å². The van der Waals surface area contributed by atoms with E-state index < -0.39 is 0 Å². The van der Waals surface area contributed by atoms with Crippen LogP contribution in [0.15, 0.2) is 53.5 Å². The molecule has 0 aliphatic rings. The molecule has 24 heavy (non-hydrogen) atoms. The molecular weight excluding hydrogens is 431 g/mol. The van der Waals surface area contributed by atoms with Crippen LogP contribution in [0.2, 0.25) is 5.02 Å². The molecule has 0 N–H and O–H groups in total. The predicted molar refractivity (Wildman–Crippen MR) is 111 cm³/mol. The third-order valence-corrected chi connectivity index (χ3v) is 5.48. The van der Waals surface area contributed by atoms with Crippen LogP contribution < -0.4 is 0 Å². The number of aliphatic imine (C=N–C) groups is 1. The van der Waals surface area contributed by atoms with Gasteiger partial charge in [-0.25, -0.2) is 0 Å². The molecule has 0 aliphatic heterocycles. The van der Waals surface area contributed by atoms with Gasteiger partial charge in [-0.3, -0.25) is 4.99 Å². The standard InChI is InChI=1S/C20H18ClIN2/c1-13-9-19(7-8-20(13)22)24-14(2)10-16(15(24)3)12-23-18-6-4-5-17(21)11-18/h4-12H,1-3H3. The minimum Gasteiger partial charge on any atom is -0.318 e. The third kappa shape index (κ3) is 3.57. The molecule has 0 aliphatic carbocycles. The Morgan fingerprint density at radius 3 is 2.54 bits per heavy atom. The summed E-state index contributed by atoms with van der Waals surface area (Å²) in [5.41, 5.74) is 6.82. The molecule has 3 rings (SSSR count). The quantitative estimate of drug-likeness (QED) is 0.325. The van der Waals surface area contributed by atoms with Crippen LogP contribution in [0.5, 0.6) is 0 Å². The van der Waals surface area contributed by atoms with E-state index in [1.165, 1.54) is 26.2 Å². The second-order valence-electron chi connectivity index (χ2n) is 5.83. The minimum absolute atomic E-state index is 0.699. The van der Waals surface area contributed by atoms with Gasteiger partial charge in [0, 0.05) is 37.4 Å². The van der Waals surface area contributed by atoms with Gasteiger partial charge in [0.05, 0.1) is 5.69 Å². The molecule has 0 unspecified atom stereocenters. The van der Waals surface area contributed by atoms with Crippen LogP contribution >= 0.6 is 34.2 Å². The molecule has 1 aromatic heterocycles. The molecule has 3 aromatic rings. The summed E-state index contributed by atoms with van der Waals surface area (Å²) in [6.45, 7) is 6.39. The summed E-state index contributed by atoms with van der Waals surface area (Å²) in [5.74, 6) is 0. The van der Waals surface area contributed by atoms with Crippen molar-refractivity contribution in [3.05, 3.63) is 79.6 Å². The Morgan fingerprint density at radius 1 is 1.04 bits per heavy atom. The lowest BCUT2D eigenvalue weighted by Crippen LogP contribution is -2.00. The van der Waals surface area contributed by atoms with E-state index in [2.05, 4.69) is 77.2 Å². The highest BCUT2D eigenvalue weighted by Gasteiger charge is 2.10. The van der Waals surface area contributed by atoms with Gasteiger partial charge >= 0.3 is 0 Å². The molecule has 4 heteroatoms. The maximum absolute atomic E-state index is 6.02. The fraction of sp³-hybridized carbons (Fsp3) is 0.150. The molecule has 0 bridgehead atoms. The second-order valence-corrected chi connectivity index (χ2v) is 7.43. The zero-order chi connectivity index (χ0) is 17.3. The molecule has 0 fully saturated rings. The first-order valence-corrected chi connectivity index (χ1v) is 9.16. The lowest BCUT2D eigenvalue weighted by Gasteiger charge is -2.11. The zero-order valence-electron chi connectivity index (χ0n) is 13.8. The van der Waals surface area contributed by atoms with Crippen LogP contribution in [-0.4, -0.2) is 10.8 Å². The topological polar surface area (TPSA) is 17.3 Å². The first-order chi connectivity index (χ1) is 11.5. The molecule has 0 saturated carbocycles. The van der Waals surface area contributed by atoms with E-state index in [1.54, 1.807) is 0 Å². The largest absolute Gasteiger partial charge is 0.318 e. The van der Waals surface area contributed by atoms with Crippen LogP contribution in [0.4, 0.5) is 5.69 Å². The number of benzene rings is 2. The highest BCUT2D eigenvalue weighted by atomic mass is 127. The average molecular weight is 449 g/mol. The van der Waals surface area contributed by atoms with Gasteiger partial charge < -0.3 is 4.57 Å². The molecule has 2 aromatic carbocycles. The van der Waals surface area contributed by atoms with E-state index in [0.29, 0.717) is 5.02 Å². The number of hydrogen-bond acceptors (Lipinski definition) is 1. The fourth-order valence-corrected chi connectivity index (χ4v) is 3.30. The number of hydrogen-bond donors (Lipinski definition) is 0. The zero-order valence-corrected chi connectivity index (χ0v) is 16.8. The fourth-order valence-electron chi connectivity index (χ4n) is 2.78. The van der Waals surface area contributed by atoms with Crippen molar-refractivity contribution in [2.75, 3.05) is 0 Å². The van der Waals surface area contributed by atoms with Crippen molar-refractivity contribution in [3.63, 3.8) is 0 Å². The molecule has 0 atom stereocenters. The van der Waals surface area contributed by atoms with Gasteiger partial charge in [0.15, 0.2) is 0 Å². The molecular formula is C20H18ClIN2. The lowest BCUT2D eigenvalue weighted by atomic mass is 10.2. The molecule has 0 saturated heterocycles. The smallest absolute Gasteiger partial charge is 0.0644 e. The highest BCUT2D eigenvalue weighted by molar-refractivity contribution is 14.1. The lowest BCUT2D eigenvalue weighted by molar-refractivity contribution is 0.962. The van der Waals surface area contributed by atoms with Crippen molar-refractivity contribution < 1.29 is 0 Å². The summed E-state index contributed by atoms with van der Waals surface area (Å²) in [5, 5.41) is 0.699. The van der Waals surface area contributed by atoms with Crippen molar-refractivity contribution in [2.45, 2.75) is 20.8 Å². The van der Waals surface area contributed by atoms with Crippen LogP contribution in [0.1, 0.15) is 22.5 Å². The molecule has 0 spiro atoms. The Bertz CT molecular complexity index is 925. The van der Waals surface area contributed by atoms with Gasteiger partial charge in [-0.2, -0.15) is 0 Å². The van der Waals surface area contributed by atoms with Crippen molar-refractivity contribution in [1.82, 2.24) is 4.57 Å². The summed E-state index contributed by atoms with van der Waals surface area (Å²) in [7, 11) is 0. The molecule has 0 radical (unpaired) electrons. The number of rotatable bonds is 3. The SMILES string of the molecule is Cc1cc(-n2c(C)cc(C=Nc3cccc(Cl)c3)c2C)ccc1I. The number of halogens is 2. The number of aryl methyl sites for hydroxylation is 2. The van der Waals surface area contributed by atoms with E-state index in [4.69, 9.17) is 11.6 Å². The summed E-state index contributed by atoms with van der Waals surface area (Å²) in [6, 6.07) is 16.3. The van der Waals surface area contributed by atoms with Gasteiger partial charge in [-0.1, -0.05) is 17.7 Å². The Hall–Kier alpha value is -1.59. The molecule has 1 heterocycles. The maximum Gasteiger partial charge on any atom is 0.0644 e. The van der Waals surface area contributed by atoms with E-state index in [0.717, 1.165) is 11.3 Å². The Labute approximate surface area is 161 Å². The first kappa shape index (κ1) is 17.2. The number of nitrogens with zero attached hydrogens (tertiary/aromatic N) is 2. The second kappa shape index (κ2) is 7.11. The van der Waals surface area contributed by atoms with Crippen LogP contribution in [0, 0.1) is 24.3 Å². The van der Waals surface area contributed by atoms with E-state index >= 15 is 0 Å². The Kier molecular flexibility index (Phi) is 5.11. The van der Waals surface area contributed by atoms with Gasteiger partial charge in [0.1, 0.15) is 0 Å². The Balaban J connectivity index is 1.98. The summed E-state index contributed by atoms with van der Waals surface area (Å²) < 4.78 is 3.55. The summed E-state index contributed by atoms with van der Waals surface area (Å²) in [6.07, 6.45) is 1.91. The van der Waals surface area contributed by atoms with Crippen molar-refractivity contribution in [3.8, 4) is 5.69 Å².